The molecule has 0 spiro atoms. The van der Waals surface area contributed by atoms with E-state index in [1.807, 2.05) is 30.3 Å². The number of carboxylic acids is 1. The normalized spacial score (nSPS) is 22.9. The Morgan fingerprint density at radius 1 is 1.23 bits per heavy atom. The molecular formula is C22H34N3O5S+. The van der Waals surface area contributed by atoms with Gasteiger partial charge in [-0.1, -0.05) is 30.3 Å². The Kier molecular flexibility index (Phi) is 9.49. The van der Waals surface area contributed by atoms with Crippen molar-refractivity contribution in [1.82, 2.24) is 4.90 Å². The van der Waals surface area contributed by atoms with E-state index in [1.165, 1.54) is 0 Å². The van der Waals surface area contributed by atoms with Gasteiger partial charge in [0.05, 0.1) is 6.54 Å². The topological polar surface area (TPSA) is 121 Å². The molecule has 1 aliphatic heterocycles. The minimum Gasteiger partial charge on any atom is -0.480 e. The second-order valence-corrected chi connectivity index (χ2v) is 8.53. The molecule has 4 atom stereocenters. The van der Waals surface area contributed by atoms with Crippen LogP contribution in [-0.4, -0.2) is 81.1 Å². The third-order valence-electron chi connectivity index (χ3n) is 6.33. The van der Waals surface area contributed by atoms with Gasteiger partial charge in [-0.25, -0.2) is 4.79 Å². The lowest BCUT2D eigenvalue weighted by atomic mass is 10.0. The maximum Gasteiger partial charge on any atom is 0.521 e. The van der Waals surface area contributed by atoms with Crippen LogP contribution in [0.2, 0.25) is 0 Å². The molecule has 2 amide bonds. The van der Waals surface area contributed by atoms with Crippen molar-refractivity contribution in [2.24, 2.45) is 5.73 Å². The van der Waals surface area contributed by atoms with E-state index in [-0.39, 0.29) is 24.9 Å². The van der Waals surface area contributed by atoms with Crippen molar-refractivity contribution in [3.63, 3.8) is 0 Å². The van der Waals surface area contributed by atoms with E-state index in [4.69, 9.17) is 5.73 Å². The average molecular weight is 453 g/mol. The lowest BCUT2D eigenvalue weighted by Gasteiger charge is -2.39. The molecule has 31 heavy (non-hydrogen) atoms. The molecule has 0 aliphatic carbocycles. The van der Waals surface area contributed by atoms with Gasteiger partial charge in [-0.2, -0.15) is 21.9 Å². The SMILES string of the molecule is CC1CCC[N@@+]1(C(=O)O)C(=O)[C@H](CS)N(CCCN)C(CCc1ccccc1)C(=O)O. The van der Waals surface area contributed by atoms with Gasteiger partial charge in [-0.05, 0) is 38.3 Å². The summed E-state index contributed by atoms with van der Waals surface area (Å²) in [4.78, 5) is 39.7. The molecular weight excluding hydrogens is 418 g/mol. The number of hydrogen-bond acceptors (Lipinski definition) is 6. The van der Waals surface area contributed by atoms with E-state index in [0.717, 1.165) is 5.56 Å². The van der Waals surface area contributed by atoms with Gasteiger partial charge in [0.1, 0.15) is 18.1 Å². The number of benzene rings is 1. The fourth-order valence-electron chi connectivity index (χ4n) is 4.56. The monoisotopic (exact) mass is 452 g/mol. The predicted molar refractivity (Wildman–Crippen MR) is 121 cm³/mol. The van der Waals surface area contributed by atoms with E-state index in [2.05, 4.69) is 12.6 Å². The number of aliphatic carboxylic acids is 1. The second-order valence-electron chi connectivity index (χ2n) is 8.16. The number of rotatable bonds is 11. The Bertz CT molecular complexity index is 763. The molecule has 172 valence electrons. The summed E-state index contributed by atoms with van der Waals surface area (Å²) in [5.74, 6) is -1.49. The van der Waals surface area contributed by atoms with Crippen molar-refractivity contribution < 1.29 is 29.1 Å². The molecule has 2 unspecified atom stereocenters. The second kappa shape index (κ2) is 11.6. The van der Waals surface area contributed by atoms with Crippen molar-refractivity contribution >= 4 is 30.6 Å². The van der Waals surface area contributed by atoms with E-state index in [0.29, 0.717) is 38.6 Å². The number of aryl methyl sites for hydroxylation is 1. The van der Waals surface area contributed by atoms with Gasteiger partial charge < -0.3 is 15.9 Å². The number of nitrogens with zero attached hydrogens (tertiary/aromatic N) is 2. The number of quaternary nitrogens is 1. The summed E-state index contributed by atoms with van der Waals surface area (Å²) in [6.45, 7) is 2.60. The molecule has 1 aliphatic rings. The summed E-state index contributed by atoms with van der Waals surface area (Å²) < 4.78 is -0.671. The summed E-state index contributed by atoms with van der Waals surface area (Å²) >= 11 is 4.36. The minimum atomic E-state index is -1.18. The van der Waals surface area contributed by atoms with E-state index >= 15 is 0 Å². The zero-order valence-corrected chi connectivity index (χ0v) is 18.9. The van der Waals surface area contributed by atoms with Crippen LogP contribution in [0.25, 0.3) is 0 Å². The van der Waals surface area contributed by atoms with Crippen LogP contribution in [0.1, 0.15) is 38.2 Å². The third kappa shape index (κ3) is 5.65. The fourth-order valence-corrected chi connectivity index (χ4v) is 4.92. The Hall–Kier alpha value is -1.94. The maximum atomic E-state index is 13.6. The zero-order chi connectivity index (χ0) is 23.0. The van der Waals surface area contributed by atoms with E-state index < -0.39 is 34.5 Å². The molecule has 0 radical (unpaired) electrons. The quantitative estimate of drug-likeness (QED) is 0.300. The van der Waals surface area contributed by atoms with Gasteiger partial charge in [-0.3, -0.25) is 9.69 Å². The Labute approximate surface area is 189 Å². The first kappa shape index (κ1) is 25.3. The highest BCUT2D eigenvalue weighted by atomic mass is 32.1. The number of carbonyl (C=O) groups excluding carboxylic acids is 1. The van der Waals surface area contributed by atoms with Crippen LogP contribution in [0, 0.1) is 0 Å². The number of carboxylic acid groups (broad SMARTS) is 2. The van der Waals surface area contributed by atoms with Crippen LogP contribution in [0.15, 0.2) is 30.3 Å². The first-order valence-electron chi connectivity index (χ1n) is 10.8. The molecule has 1 aromatic rings. The standard InChI is InChI=1S/C22H33N3O5S/c1-16-7-5-14-25(16,22(29)30)20(26)19(15-31)24(13-6-12-23)18(21(27)28)11-10-17-8-3-2-4-9-17/h2-4,8-9,16,18-19H,5-7,10-15,23H2,1H3,(H2-,27,28,29,30,31)/p+1/t16?,18?,19-,25-/m0/s1. The van der Waals surface area contributed by atoms with Crippen molar-refractivity contribution in [3.05, 3.63) is 35.9 Å². The van der Waals surface area contributed by atoms with E-state index in [1.54, 1.807) is 11.8 Å². The van der Waals surface area contributed by atoms with Crippen LogP contribution in [0.5, 0.6) is 0 Å². The number of hydrogen-bond donors (Lipinski definition) is 4. The molecule has 0 saturated carbocycles. The lowest BCUT2D eigenvalue weighted by molar-refractivity contribution is -0.793. The highest BCUT2D eigenvalue weighted by Crippen LogP contribution is 2.31. The molecule has 1 fully saturated rings. The van der Waals surface area contributed by atoms with Crippen LogP contribution in [-0.2, 0) is 16.0 Å². The number of imide groups is 1. The summed E-state index contributed by atoms with van der Waals surface area (Å²) in [6.07, 6.45) is 1.41. The molecule has 1 heterocycles. The Balaban J connectivity index is 2.35. The van der Waals surface area contributed by atoms with Gasteiger partial charge in [-0.15, -0.1) is 0 Å². The van der Waals surface area contributed by atoms with Gasteiger partial charge in [0.2, 0.25) is 0 Å². The molecule has 0 bridgehead atoms. The Morgan fingerprint density at radius 2 is 1.90 bits per heavy atom. The largest absolute Gasteiger partial charge is 0.521 e. The van der Waals surface area contributed by atoms with Gasteiger partial charge in [0.15, 0.2) is 0 Å². The van der Waals surface area contributed by atoms with Crippen LogP contribution in [0.3, 0.4) is 0 Å². The highest BCUT2D eigenvalue weighted by molar-refractivity contribution is 7.80. The van der Waals surface area contributed by atoms with Crippen LogP contribution >= 0.6 is 12.6 Å². The molecule has 2 rings (SSSR count). The number of amides is 2. The molecule has 0 aromatic heterocycles. The summed E-state index contributed by atoms with van der Waals surface area (Å²) in [5.41, 5.74) is 6.68. The molecule has 8 nitrogen and oxygen atoms in total. The molecule has 9 heteroatoms. The zero-order valence-electron chi connectivity index (χ0n) is 18.0. The van der Waals surface area contributed by atoms with Crippen molar-refractivity contribution in [2.45, 2.75) is 57.2 Å². The average Bonchev–Trinajstić information content (AvgIpc) is 3.14. The van der Waals surface area contributed by atoms with Gasteiger partial charge in [0, 0.05) is 25.1 Å². The fraction of sp³-hybridized carbons (Fsp3) is 0.591. The number of carbonyl (C=O) groups is 3. The maximum absolute atomic E-state index is 13.6. The van der Waals surface area contributed by atoms with Gasteiger partial charge >= 0.3 is 18.0 Å². The smallest absolute Gasteiger partial charge is 0.480 e. The van der Waals surface area contributed by atoms with Crippen molar-refractivity contribution in [3.8, 4) is 0 Å². The Morgan fingerprint density at radius 3 is 2.39 bits per heavy atom. The minimum absolute atomic E-state index is 0.0402. The number of thiol groups is 1. The summed E-state index contributed by atoms with van der Waals surface area (Å²) in [6, 6.07) is 7.31. The highest BCUT2D eigenvalue weighted by Gasteiger charge is 2.56. The summed E-state index contributed by atoms with van der Waals surface area (Å²) in [7, 11) is 0. The lowest BCUT2D eigenvalue weighted by Crippen LogP contribution is -2.66. The molecule has 1 aromatic carbocycles. The molecule has 4 N–H and O–H groups in total. The number of nitrogens with two attached hydrogens (primary N) is 1. The van der Waals surface area contributed by atoms with Crippen molar-refractivity contribution in [1.29, 1.82) is 0 Å². The summed E-state index contributed by atoms with van der Waals surface area (Å²) in [5, 5.41) is 20.0. The first-order chi connectivity index (χ1) is 14.8. The third-order valence-corrected chi connectivity index (χ3v) is 6.68. The molecule has 1 saturated heterocycles. The van der Waals surface area contributed by atoms with E-state index in [9.17, 15) is 24.6 Å². The van der Waals surface area contributed by atoms with Crippen LogP contribution < -0.4 is 5.73 Å². The van der Waals surface area contributed by atoms with Crippen LogP contribution in [0.4, 0.5) is 4.79 Å². The predicted octanol–water partition coefficient (Wildman–Crippen LogP) is 2.23. The van der Waals surface area contributed by atoms with Gasteiger partial charge in [0.25, 0.3) is 0 Å². The first-order valence-corrected chi connectivity index (χ1v) is 11.4. The van der Waals surface area contributed by atoms with Crippen molar-refractivity contribution in [2.75, 3.05) is 25.4 Å². The number of likely N-dealkylation sites (tertiary alicyclic amines) is 1.